The predicted octanol–water partition coefficient (Wildman–Crippen LogP) is 2.71. The van der Waals surface area contributed by atoms with E-state index in [0.29, 0.717) is 0 Å². The van der Waals surface area contributed by atoms with E-state index < -0.39 is 0 Å². The highest BCUT2D eigenvalue weighted by Crippen LogP contribution is 2.31. The average molecular weight is 216 g/mol. The first-order valence-electron chi connectivity index (χ1n) is 5.55. The molecule has 82 valence electrons. The minimum Gasteiger partial charge on any atom is -0.275 e. The van der Waals surface area contributed by atoms with Gasteiger partial charge < -0.3 is 0 Å². The molecule has 1 aromatic carbocycles. The van der Waals surface area contributed by atoms with Crippen LogP contribution in [0.4, 0.5) is 4.39 Å². The molecule has 2 aromatic rings. The van der Waals surface area contributed by atoms with Gasteiger partial charge in [-0.3, -0.25) is 4.68 Å². The van der Waals surface area contributed by atoms with Gasteiger partial charge in [-0.1, -0.05) is 6.07 Å². The smallest absolute Gasteiger partial charge is 0.123 e. The van der Waals surface area contributed by atoms with E-state index in [4.69, 9.17) is 0 Å². The van der Waals surface area contributed by atoms with E-state index in [1.165, 1.54) is 17.2 Å². The van der Waals surface area contributed by atoms with E-state index in [0.717, 1.165) is 30.5 Å². The van der Waals surface area contributed by atoms with Gasteiger partial charge >= 0.3 is 0 Å². The monoisotopic (exact) mass is 216 g/mol. The molecule has 1 heterocycles. The van der Waals surface area contributed by atoms with Crippen LogP contribution in [0.1, 0.15) is 17.5 Å². The van der Waals surface area contributed by atoms with Crippen molar-refractivity contribution < 1.29 is 4.39 Å². The fraction of sp³-hybridized carbons (Fsp3) is 0.308. The number of hydrogen-bond donors (Lipinski definition) is 0. The van der Waals surface area contributed by atoms with Crippen molar-refractivity contribution in [2.45, 2.75) is 19.3 Å². The third-order valence-electron chi connectivity index (χ3n) is 3.12. The van der Waals surface area contributed by atoms with E-state index in [-0.39, 0.29) is 5.82 Å². The number of aryl methyl sites for hydroxylation is 3. The van der Waals surface area contributed by atoms with Crippen LogP contribution in [-0.2, 0) is 19.9 Å². The number of halogens is 1. The first kappa shape index (κ1) is 9.58. The summed E-state index contributed by atoms with van der Waals surface area (Å²) in [6.45, 7) is 0. The number of rotatable bonds is 0. The van der Waals surface area contributed by atoms with Crippen LogP contribution < -0.4 is 0 Å². The maximum atomic E-state index is 13.3. The summed E-state index contributed by atoms with van der Waals surface area (Å²) in [5.41, 5.74) is 4.35. The van der Waals surface area contributed by atoms with Crippen LogP contribution in [0.2, 0.25) is 0 Å². The molecule has 0 saturated heterocycles. The Labute approximate surface area is 93.7 Å². The van der Waals surface area contributed by atoms with Crippen molar-refractivity contribution in [3.05, 3.63) is 41.3 Å². The van der Waals surface area contributed by atoms with Gasteiger partial charge in [-0.25, -0.2) is 4.39 Å². The summed E-state index contributed by atoms with van der Waals surface area (Å²) >= 11 is 0. The standard InChI is InChI=1S/C13H13FN2/c1-16-8-10-4-2-3-9-5-6-11(14)7-12(9)13(10)15-16/h5-8H,2-4H2,1H3. The predicted molar refractivity (Wildman–Crippen MR) is 60.6 cm³/mol. The minimum atomic E-state index is -0.183. The molecule has 0 aliphatic heterocycles. The normalized spacial score (nSPS) is 14.1. The van der Waals surface area contributed by atoms with Crippen molar-refractivity contribution in [3.63, 3.8) is 0 Å². The molecule has 0 unspecified atom stereocenters. The molecular weight excluding hydrogens is 203 g/mol. The second kappa shape index (κ2) is 3.44. The van der Waals surface area contributed by atoms with E-state index >= 15 is 0 Å². The largest absolute Gasteiger partial charge is 0.275 e. The van der Waals surface area contributed by atoms with Crippen molar-refractivity contribution in [1.29, 1.82) is 0 Å². The topological polar surface area (TPSA) is 17.8 Å². The summed E-state index contributed by atoms with van der Waals surface area (Å²) in [5.74, 6) is -0.183. The SMILES string of the molecule is Cn1cc2c(n1)-c1cc(F)ccc1CCC2. The van der Waals surface area contributed by atoms with Crippen molar-refractivity contribution in [1.82, 2.24) is 9.78 Å². The van der Waals surface area contributed by atoms with Crippen LogP contribution >= 0.6 is 0 Å². The Kier molecular flexibility index (Phi) is 2.06. The molecule has 0 radical (unpaired) electrons. The molecule has 3 rings (SSSR count). The first-order valence-corrected chi connectivity index (χ1v) is 5.55. The quantitative estimate of drug-likeness (QED) is 0.662. The lowest BCUT2D eigenvalue weighted by molar-refractivity contribution is 0.627. The Bertz CT molecular complexity index is 543. The van der Waals surface area contributed by atoms with Gasteiger partial charge in [0, 0.05) is 18.8 Å². The minimum absolute atomic E-state index is 0.183. The number of benzene rings is 1. The molecule has 0 atom stereocenters. The second-order valence-electron chi connectivity index (χ2n) is 4.33. The zero-order valence-corrected chi connectivity index (χ0v) is 9.20. The number of fused-ring (bicyclic) bond motifs is 3. The first-order chi connectivity index (χ1) is 7.74. The molecular formula is C13H13FN2. The summed E-state index contributed by atoms with van der Waals surface area (Å²) in [6, 6.07) is 5.02. The molecule has 0 bridgehead atoms. The van der Waals surface area contributed by atoms with Gasteiger partial charge in [-0.05, 0) is 42.5 Å². The van der Waals surface area contributed by atoms with Gasteiger partial charge in [0.05, 0.1) is 5.69 Å². The third kappa shape index (κ3) is 1.43. The Balaban J connectivity index is 2.27. The van der Waals surface area contributed by atoms with Crippen LogP contribution in [0.3, 0.4) is 0 Å². The highest BCUT2D eigenvalue weighted by Gasteiger charge is 2.17. The van der Waals surface area contributed by atoms with E-state index in [1.807, 2.05) is 24.0 Å². The molecule has 3 heteroatoms. The van der Waals surface area contributed by atoms with E-state index in [1.54, 1.807) is 6.07 Å². The molecule has 0 spiro atoms. The lowest BCUT2D eigenvalue weighted by atomic mass is 10.0. The molecule has 0 amide bonds. The molecule has 1 aromatic heterocycles. The Hall–Kier alpha value is -1.64. The van der Waals surface area contributed by atoms with Gasteiger partial charge in [0.1, 0.15) is 5.82 Å². The molecule has 2 nitrogen and oxygen atoms in total. The molecule has 1 aliphatic carbocycles. The van der Waals surface area contributed by atoms with Crippen molar-refractivity contribution in [2.24, 2.45) is 7.05 Å². The van der Waals surface area contributed by atoms with Crippen LogP contribution in [0.5, 0.6) is 0 Å². The summed E-state index contributed by atoms with van der Waals surface area (Å²) < 4.78 is 15.1. The fourth-order valence-electron chi connectivity index (χ4n) is 2.40. The van der Waals surface area contributed by atoms with Gasteiger partial charge in [0.15, 0.2) is 0 Å². The molecule has 0 N–H and O–H groups in total. The molecule has 1 aliphatic rings. The summed E-state index contributed by atoms with van der Waals surface area (Å²) in [6.07, 6.45) is 5.18. The third-order valence-corrected chi connectivity index (χ3v) is 3.12. The molecule has 0 saturated carbocycles. The summed E-state index contributed by atoms with van der Waals surface area (Å²) in [4.78, 5) is 0. The Morgan fingerprint density at radius 1 is 1.25 bits per heavy atom. The van der Waals surface area contributed by atoms with Crippen LogP contribution in [-0.4, -0.2) is 9.78 Å². The van der Waals surface area contributed by atoms with Gasteiger partial charge in [0.25, 0.3) is 0 Å². The Morgan fingerprint density at radius 3 is 2.94 bits per heavy atom. The highest BCUT2D eigenvalue weighted by molar-refractivity contribution is 5.67. The van der Waals surface area contributed by atoms with E-state index in [2.05, 4.69) is 5.10 Å². The van der Waals surface area contributed by atoms with Crippen molar-refractivity contribution >= 4 is 0 Å². The maximum Gasteiger partial charge on any atom is 0.123 e. The van der Waals surface area contributed by atoms with Gasteiger partial charge in [0.2, 0.25) is 0 Å². The number of aromatic nitrogens is 2. The number of hydrogen-bond acceptors (Lipinski definition) is 1. The fourth-order valence-corrected chi connectivity index (χ4v) is 2.40. The van der Waals surface area contributed by atoms with Crippen molar-refractivity contribution in [2.75, 3.05) is 0 Å². The van der Waals surface area contributed by atoms with Crippen molar-refractivity contribution in [3.8, 4) is 11.3 Å². The zero-order valence-electron chi connectivity index (χ0n) is 9.20. The lowest BCUT2D eigenvalue weighted by Gasteiger charge is -2.04. The van der Waals surface area contributed by atoms with Crippen LogP contribution in [0.15, 0.2) is 24.4 Å². The summed E-state index contributed by atoms with van der Waals surface area (Å²) in [7, 11) is 1.91. The summed E-state index contributed by atoms with van der Waals surface area (Å²) in [5, 5.41) is 4.44. The van der Waals surface area contributed by atoms with E-state index in [9.17, 15) is 4.39 Å². The zero-order chi connectivity index (χ0) is 11.1. The average Bonchev–Trinajstić information content (AvgIpc) is 2.54. The van der Waals surface area contributed by atoms with Gasteiger partial charge in [-0.2, -0.15) is 5.10 Å². The Morgan fingerprint density at radius 2 is 2.06 bits per heavy atom. The van der Waals surface area contributed by atoms with Gasteiger partial charge in [-0.15, -0.1) is 0 Å². The lowest BCUT2D eigenvalue weighted by Crippen LogP contribution is -1.92. The maximum absolute atomic E-state index is 13.3. The second-order valence-corrected chi connectivity index (χ2v) is 4.33. The number of nitrogens with zero attached hydrogens (tertiary/aromatic N) is 2. The molecule has 16 heavy (non-hydrogen) atoms. The molecule has 0 fully saturated rings. The van der Waals surface area contributed by atoms with Crippen LogP contribution in [0, 0.1) is 5.82 Å². The highest BCUT2D eigenvalue weighted by atomic mass is 19.1. The van der Waals surface area contributed by atoms with Crippen LogP contribution in [0.25, 0.3) is 11.3 Å².